The van der Waals surface area contributed by atoms with E-state index in [1.54, 1.807) is 0 Å². The molecule has 1 aliphatic carbocycles. The van der Waals surface area contributed by atoms with Gasteiger partial charge in [0.15, 0.2) is 5.82 Å². The van der Waals surface area contributed by atoms with Crippen LogP contribution < -0.4 is 0 Å². The van der Waals surface area contributed by atoms with Crippen molar-refractivity contribution in [3.8, 4) is 0 Å². The van der Waals surface area contributed by atoms with Crippen LogP contribution in [0.25, 0.3) is 0 Å². The first-order valence-corrected chi connectivity index (χ1v) is 6.16. The standard InChI is InChI=1S/C11H17ClN2O/c1-8(12)11-13-10(14-15-11)7-9-5-3-2-4-6-9/h8-9H,2-7H2,1H3. The molecule has 3 nitrogen and oxygen atoms in total. The molecule has 4 heteroatoms. The molecule has 0 saturated heterocycles. The van der Waals surface area contributed by atoms with Crippen LogP contribution in [0.4, 0.5) is 0 Å². The molecule has 1 unspecified atom stereocenters. The van der Waals surface area contributed by atoms with Crippen molar-refractivity contribution in [2.75, 3.05) is 0 Å². The summed E-state index contributed by atoms with van der Waals surface area (Å²) in [6, 6.07) is 0. The molecule has 84 valence electrons. The van der Waals surface area contributed by atoms with Crippen LogP contribution in [0.15, 0.2) is 4.52 Å². The molecule has 0 aromatic carbocycles. The quantitative estimate of drug-likeness (QED) is 0.744. The number of hydrogen-bond donors (Lipinski definition) is 0. The van der Waals surface area contributed by atoms with Gasteiger partial charge in [0.1, 0.15) is 5.38 Å². The first kappa shape index (κ1) is 10.9. The number of halogens is 1. The minimum atomic E-state index is -0.183. The Bertz CT molecular complexity index is 305. The van der Waals surface area contributed by atoms with Crippen molar-refractivity contribution in [3.63, 3.8) is 0 Å². The summed E-state index contributed by atoms with van der Waals surface area (Å²) in [4.78, 5) is 4.29. The van der Waals surface area contributed by atoms with Crippen LogP contribution in [-0.4, -0.2) is 10.1 Å². The van der Waals surface area contributed by atoms with Gasteiger partial charge in [-0.3, -0.25) is 0 Å². The molecule has 0 radical (unpaired) electrons. The molecule has 0 aliphatic heterocycles. The second-order valence-corrected chi connectivity index (χ2v) is 5.03. The van der Waals surface area contributed by atoms with Gasteiger partial charge in [-0.1, -0.05) is 37.3 Å². The summed E-state index contributed by atoms with van der Waals surface area (Å²) < 4.78 is 5.07. The van der Waals surface area contributed by atoms with Crippen molar-refractivity contribution in [3.05, 3.63) is 11.7 Å². The topological polar surface area (TPSA) is 38.9 Å². The molecule has 1 saturated carbocycles. The first-order chi connectivity index (χ1) is 7.25. The van der Waals surface area contributed by atoms with E-state index >= 15 is 0 Å². The van der Waals surface area contributed by atoms with Gasteiger partial charge in [-0.15, -0.1) is 11.6 Å². The highest BCUT2D eigenvalue weighted by atomic mass is 35.5. The predicted octanol–water partition coefficient (Wildman–Crippen LogP) is 3.49. The van der Waals surface area contributed by atoms with Crippen molar-refractivity contribution >= 4 is 11.6 Å². The lowest BCUT2D eigenvalue weighted by molar-refractivity contribution is 0.337. The Morgan fingerprint density at radius 3 is 2.73 bits per heavy atom. The lowest BCUT2D eigenvalue weighted by atomic mass is 9.87. The van der Waals surface area contributed by atoms with Gasteiger partial charge in [-0.05, 0) is 12.8 Å². The van der Waals surface area contributed by atoms with E-state index < -0.39 is 0 Å². The minimum Gasteiger partial charge on any atom is -0.338 e. The molecular weight excluding hydrogens is 212 g/mol. The average Bonchev–Trinajstić information content (AvgIpc) is 2.68. The van der Waals surface area contributed by atoms with E-state index in [9.17, 15) is 0 Å². The highest BCUT2D eigenvalue weighted by Crippen LogP contribution is 2.26. The van der Waals surface area contributed by atoms with Gasteiger partial charge in [0.2, 0.25) is 5.89 Å². The molecule has 1 aromatic heterocycles. The molecule has 1 heterocycles. The maximum Gasteiger partial charge on any atom is 0.244 e. The summed E-state index contributed by atoms with van der Waals surface area (Å²) in [7, 11) is 0. The lowest BCUT2D eigenvalue weighted by Gasteiger charge is -2.19. The van der Waals surface area contributed by atoms with Crippen LogP contribution >= 0.6 is 11.6 Å². The Balaban J connectivity index is 1.91. The monoisotopic (exact) mass is 228 g/mol. The smallest absolute Gasteiger partial charge is 0.244 e. The summed E-state index contributed by atoms with van der Waals surface area (Å²) in [5, 5.41) is 3.78. The van der Waals surface area contributed by atoms with E-state index in [0.29, 0.717) is 5.89 Å². The molecule has 0 spiro atoms. The molecule has 2 rings (SSSR count). The van der Waals surface area contributed by atoms with Crippen LogP contribution in [0.3, 0.4) is 0 Å². The van der Waals surface area contributed by atoms with Crippen molar-refractivity contribution in [2.24, 2.45) is 5.92 Å². The number of aromatic nitrogens is 2. The molecule has 15 heavy (non-hydrogen) atoms. The molecule has 0 amide bonds. The van der Waals surface area contributed by atoms with E-state index in [-0.39, 0.29) is 5.38 Å². The van der Waals surface area contributed by atoms with Gasteiger partial charge in [-0.2, -0.15) is 4.98 Å². The van der Waals surface area contributed by atoms with Crippen molar-refractivity contribution < 1.29 is 4.52 Å². The maximum absolute atomic E-state index is 5.86. The van der Waals surface area contributed by atoms with Crippen molar-refractivity contribution in [1.29, 1.82) is 0 Å². The Morgan fingerprint density at radius 2 is 2.13 bits per heavy atom. The molecule has 1 atom stereocenters. The number of alkyl halides is 1. The zero-order valence-corrected chi connectivity index (χ0v) is 9.83. The van der Waals surface area contributed by atoms with Crippen LogP contribution in [0.5, 0.6) is 0 Å². The first-order valence-electron chi connectivity index (χ1n) is 5.72. The zero-order valence-electron chi connectivity index (χ0n) is 9.08. The van der Waals surface area contributed by atoms with Gasteiger partial charge >= 0.3 is 0 Å². The molecule has 1 aliphatic rings. The number of nitrogens with zero attached hydrogens (tertiary/aromatic N) is 2. The van der Waals surface area contributed by atoms with Crippen LogP contribution in [0.1, 0.15) is 56.1 Å². The summed E-state index contributed by atoms with van der Waals surface area (Å²) >= 11 is 5.86. The lowest BCUT2D eigenvalue weighted by Crippen LogP contribution is -2.10. The zero-order chi connectivity index (χ0) is 10.7. The third-order valence-electron chi connectivity index (χ3n) is 3.02. The fourth-order valence-corrected chi connectivity index (χ4v) is 2.25. The Morgan fingerprint density at radius 1 is 1.40 bits per heavy atom. The van der Waals surface area contributed by atoms with Gasteiger partial charge in [0.05, 0.1) is 0 Å². The van der Waals surface area contributed by atoms with Crippen LogP contribution in [-0.2, 0) is 6.42 Å². The van der Waals surface area contributed by atoms with E-state index in [1.807, 2.05) is 6.92 Å². The van der Waals surface area contributed by atoms with Crippen LogP contribution in [0, 0.1) is 5.92 Å². The Labute approximate surface area is 95.2 Å². The SMILES string of the molecule is CC(Cl)c1nc(CC2CCCCC2)no1. The largest absolute Gasteiger partial charge is 0.338 e. The van der Waals surface area contributed by atoms with Gasteiger partial charge < -0.3 is 4.52 Å². The fraction of sp³-hybridized carbons (Fsp3) is 0.818. The number of rotatable bonds is 3. The maximum atomic E-state index is 5.86. The van der Waals surface area contributed by atoms with Gasteiger partial charge in [0.25, 0.3) is 0 Å². The average molecular weight is 229 g/mol. The molecular formula is C11H17ClN2O. The van der Waals surface area contributed by atoms with E-state index in [2.05, 4.69) is 10.1 Å². The van der Waals surface area contributed by atoms with Crippen molar-refractivity contribution in [1.82, 2.24) is 10.1 Å². The second kappa shape index (κ2) is 4.97. The molecule has 1 fully saturated rings. The number of hydrogen-bond acceptors (Lipinski definition) is 3. The summed E-state index contributed by atoms with van der Waals surface area (Å²) in [6.07, 6.45) is 7.64. The molecule has 0 N–H and O–H groups in total. The normalized spacial score (nSPS) is 20.4. The summed E-state index contributed by atoms with van der Waals surface area (Å²) in [5.74, 6) is 2.11. The van der Waals surface area contributed by atoms with Crippen molar-refractivity contribution in [2.45, 2.75) is 50.8 Å². The highest BCUT2D eigenvalue weighted by molar-refractivity contribution is 6.20. The Kier molecular flexibility index (Phi) is 3.62. The van der Waals surface area contributed by atoms with E-state index in [0.717, 1.165) is 18.2 Å². The highest BCUT2D eigenvalue weighted by Gasteiger charge is 2.18. The fourth-order valence-electron chi connectivity index (χ4n) is 2.16. The van der Waals surface area contributed by atoms with E-state index in [4.69, 9.17) is 16.1 Å². The third kappa shape index (κ3) is 2.94. The molecule has 0 bridgehead atoms. The molecule has 1 aromatic rings. The summed E-state index contributed by atoms with van der Waals surface area (Å²) in [6.45, 7) is 1.85. The Hall–Kier alpha value is -0.570. The van der Waals surface area contributed by atoms with E-state index in [1.165, 1.54) is 32.1 Å². The van der Waals surface area contributed by atoms with Gasteiger partial charge in [0, 0.05) is 6.42 Å². The third-order valence-corrected chi connectivity index (χ3v) is 3.21. The van der Waals surface area contributed by atoms with Gasteiger partial charge in [-0.25, -0.2) is 0 Å². The summed E-state index contributed by atoms with van der Waals surface area (Å²) in [5.41, 5.74) is 0. The minimum absolute atomic E-state index is 0.183. The second-order valence-electron chi connectivity index (χ2n) is 4.37. The van der Waals surface area contributed by atoms with Crippen LogP contribution in [0.2, 0.25) is 0 Å². The predicted molar refractivity (Wildman–Crippen MR) is 58.8 cm³/mol.